The van der Waals surface area contributed by atoms with Crippen molar-refractivity contribution in [3.63, 3.8) is 0 Å². The van der Waals surface area contributed by atoms with E-state index < -0.39 is 12.0 Å². The lowest BCUT2D eigenvalue weighted by Crippen LogP contribution is -2.45. The molecule has 3 aromatic rings. The van der Waals surface area contributed by atoms with Gasteiger partial charge in [-0.3, -0.25) is 10.1 Å². The summed E-state index contributed by atoms with van der Waals surface area (Å²) in [6.07, 6.45) is 0.459. The number of nitrogens with one attached hydrogen (secondary N) is 2. The molecular formula is C19H18N2O3. The predicted octanol–water partition coefficient (Wildman–Crippen LogP) is 2.86. The minimum atomic E-state index is -0.842. The van der Waals surface area contributed by atoms with Crippen molar-refractivity contribution in [2.45, 2.75) is 18.5 Å². The first-order valence-corrected chi connectivity index (χ1v) is 7.90. The molecule has 0 aliphatic carbocycles. The van der Waals surface area contributed by atoms with Crippen LogP contribution in [0.5, 0.6) is 5.75 Å². The Morgan fingerprint density at radius 2 is 1.92 bits per heavy atom. The lowest BCUT2D eigenvalue weighted by molar-refractivity contribution is -0.139. The molecule has 0 fully saturated rings. The zero-order valence-electron chi connectivity index (χ0n) is 13.2. The zero-order valence-corrected chi connectivity index (χ0v) is 13.2. The molecule has 2 aromatic carbocycles. The number of hydrogen-bond acceptors (Lipinski definition) is 3. The number of H-pyrrole nitrogens is 1. The van der Waals surface area contributed by atoms with E-state index in [1.165, 1.54) is 0 Å². The van der Waals surface area contributed by atoms with Crippen LogP contribution in [0.15, 0.2) is 48.5 Å². The second kappa shape index (κ2) is 5.69. The largest absolute Gasteiger partial charge is 0.496 e. The normalized spacial score (nSPS) is 19.9. The molecule has 2 heterocycles. The molecule has 0 unspecified atom stereocenters. The number of carboxylic acid groups (broad SMARTS) is 1. The van der Waals surface area contributed by atoms with Crippen LogP contribution in [0.1, 0.15) is 22.9 Å². The molecular weight excluding hydrogens is 304 g/mol. The van der Waals surface area contributed by atoms with Crippen LogP contribution in [-0.2, 0) is 11.2 Å². The second-order valence-corrected chi connectivity index (χ2v) is 6.00. The van der Waals surface area contributed by atoms with E-state index in [2.05, 4.69) is 10.3 Å². The van der Waals surface area contributed by atoms with Crippen LogP contribution in [0, 0.1) is 0 Å². The molecule has 3 N–H and O–H groups in total. The van der Waals surface area contributed by atoms with Gasteiger partial charge in [-0.2, -0.15) is 0 Å². The predicted molar refractivity (Wildman–Crippen MR) is 91.4 cm³/mol. The monoisotopic (exact) mass is 322 g/mol. The number of rotatable bonds is 3. The third-order valence-electron chi connectivity index (χ3n) is 4.66. The Morgan fingerprint density at radius 1 is 1.17 bits per heavy atom. The third-order valence-corrected chi connectivity index (χ3v) is 4.66. The van der Waals surface area contributed by atoms with Crippen molar-refractivity contribution in [3.8, 4) is 5.75 Å². The Balaban J connectivity index is 1.93. The van der Waals surface area contributed by atoms with Gasteiger partial charge in [0.05, 0.1) is 13.2 Å². The molecule has 4 rings (SSSR count). The van der Waals surface area contributed by atoms with Crippen molar-refractivity contribution >= 4 is 16.9 Å². The Hall–Kier alpha value is -2.79. The first kappa shape index (κ1) is 14.8. The molecule has 0 bridgehead atoms. The molecule has 0 saturated heterocycles. The highest BCUT2D eigenvalue weighted by Gasteiger charge is 2.34. The number of benzene rings is 2. The highest BCUT2D eigenvalue weighted by Crippen LogP contribution is 2.38. The van der Waals surface area contributed by atoms with Gasteiger partial charge >= 0.3 is 5.97 Å². The van der Waals surface area contributed by atoms with Crippen molar-refractivity contribution in [2.75, 3.05) is 7.11 Å². The first-order chi connectivity index (χ1) is 11.7. The molecule has 0 radical (unpaired) electrons. The van der Waals surface area contributed by atoms with Gasteiger partial charge in [-0.25, -0.2) is 0 Å². The van der Waals surface area contributed by atoms with E-state index in [9.17, 15) is 9.90 Å². The number of carbonyl (C=O) groups is 1. The number of carboxylic acids is 1. The quantitative estimate of drug-likeness (QED) is 0.693. The third kappa shape index (κ3) is 2.25. The fraction of sp³-hybridized carbons (Fsp3) is 0.211. The SMILES string of the molecule is COc1ccccc1[C@@H]1N[C@@H](C(=O)O)Cc2c1[nH]c1ccccc21. The van der Waals surface area contributed by atoms with Gasteiger partial charge in [-0.15, -0.1) is 0 Å². The maximum absolute atomic E-state index is 11.6. The van der Waals surface area contributed by atoms with Crippen LogP contribution < -0.4 is 10.1 Å². The minimum Gasteiger partial charge on any atom is -0.496 e. The number of aromatic nitrogens is 1. The number of ether oxygens (including phenoxy) is 1. The highest BCUT2D eigenvalue weighted by atomic mass is 16.5. The molecule has 5 heteroatoms. The van der Waals surface area contributed by atoms with Crippen molar-refractivity contribution in [1.82, 2.24) is 10.3 Å². The van der Waals surface area contributed by atoms with Gasteiger partial charge in [0.25, 0.3) is 0 Å². The minimum absolute atomic E-state index is 0.251. The molecule has 0 saturated carbocycles. The summed E-state index contributed by atoms with van der Waals surface area (Å²) in [6, 6.07) is 14.8. The van der Waals surface area contributed by atoms with E-state index in [0.29, 0.717) is 6.42 Å². The van der Waals surface area contributed by atoms with Gasteiger partial charge in [-0.1, -0.05) is 36.4 Å². The second-order valence-electron chi connectivity index (χ2n) is 6.00. The molecule has 1 aromatic heterocycles. The molecule has 1 aliphatic heterocycles. The summed E-state index contributed by atoms with van der Waals surface area (Å²) in [6.45, 7) is 0. The summed E-state index contributed by atoms with van der Waals surface area (Å²) >= 11 is 0. The average Bonchev–Trinajstić information content (AvgIpc) is 2.99. The van der Waals surface area contributed by atoms with E-state index in [1.54, 1.807) is 7.11 Å². The molecule has 122 valence electrons. The van der Waals surface area contributed by atoms with Crippen molar-refractivity contribution < 1.29 is 14.6 Å². The van der Waals surface area contributed by atoms with Crippen molar-refractivity contribution in [3.05, 3.63) is 65.4 Å². The molecule has 24 heavy (non-hydrogen) atoms. The van der Waals surface area contributed by atoms with Crippen molar-refractivity contribution in [2.24, 2.45) is 0 Å². The maximum atomic E-state index is 11.6. The van der Waals surface area contributed by atoms with Crippen LogP contribution >= 0.6 is 0 Å². The molecule has 5 nitrogen and oxygen atoms in total. The summed E-state index contributed by atoms with van der Waals surface area (Å²) in [5.74, 6) is -0.100. The summed E-state index contributed by atoms with van der Waals surface area (Å²) in [5, 5.41) is 13.9. The summed E-state index contributed by atoms with van der Waals surface area (Å²) < 4.78 is 5.48. The summed E-state index contributed by atoms with van der Waals surface area (Å²) in [5.41, 5.74) is 4.03. The van der Waals surface area contributed by atoms with E-state index in [4.69, 9.17) is 4.74 Å². The Kier molecular flexibility index (Phi) is 3.50. The smallest absolute Gasteiger partial charge is 0.321 e. The van der Waals surface area contributed by atoms with Crippen LogP contribution in [-0.4, -0.2) is 29.2 Å². The maximum Gasteiger partial charge on any atom is 0.321 e. The fourth-order valence-corrected chi connectivity index (χ4v) is 3.54. The van der Waals surface area contributed by atoms with Crippen molar-refractivity contribution in [1.29, 1.82) is 0 Å². The highest BCUT2D eigenvalue weighted by molar-refractivity contribution is 5.87. The first-order valence-electron chi connectivity index (χ1n) is 7.90. The van der Waals surface area contributed by atoms with Crippen LogP contribution in [0.3, 0.4) is 0 Å². The Bertz CT molecular complexity index is 916. The molecule has 0 spiro atoms. The van der Waals surface area contributed by atoms with Crippen LogP contribution in [0.2, 0.25) is 0 Å². The van der Waals surface area contributed by atoms with Gasteiger partial charge in [0, 0.05) is 28.6 Å². The van der Waals surface area contributed by atoms with E-state index in [0.717, 1.165) is 33.5 Å². The number of aliphatic carboxylic acids is 1. The number of fused-ring (bicyclic) bond motifs is 3. The van der Waals surface area contributed by atoms with Crippen LogP contribution in [0.4, 0.5) is 0 Å². The van der Waals surface area contributed by atoms with E-state index in [1.807, 2.05) is 48.5 Å². The number of hydrogen-bond donors (Lipinski definition) is 3. The Morgan fingerprint density at radius 3 is 2.71 bits per heavy atom. The van der Waals surface area contributed by atoms with Gasteiger partial charge in [0.2, 0.25) is 0 Å². The average molecular weight is 322 g/mol. The standard InChI is InChI=1S/C19H18N2O3/c1-24-16-9-5-3-7-12(16)17-18-13(10-15(21-17)19(22)23)11-6-2-4-8-14(11)20-18/h2-9,15,17,20-21H,10H2,1H3,(H,22,23)/t15-,17+/m1/s1. The van der Waals surface area contributed by atoms with Gasteiger partial charge < -0.3 is 14.8 Å². The van der Waals surface area contributed by atoms with Gasteiger partial charge in [0.1, 0.15) is 11.8 Å². The molecule has 0 amide bonds. The zero-order chi connectivity index (χ0) is 16.7. The lowest BCUT2D eigenvalue weighted by atomic mass is 9.90. The fourth-order valence-electron chi connectivity index (χ4n) is 3.54. The topological polar surface area (TPSA) is 74.3 Å². The molecule has 2 atom stereocenters. The lowest BCUT2D eigenvalue weighted by Gasteiger charge is -2.30. The van der Waals surface area contributed by atoms with Gasteiger partial charge in [0.15, 0.2) is 0 Å². The van der Waals surface area contributed by atoms with E-state index in [-0.39, 0.29) is 6.04 Å². The number of para-hydroxylation sites is 2. The van der Waals surface area contributed by atoms with Gasteiger partial charge in [-0.05, 0) is 17.7 Å². The van der Waals surface area contributed by atoms with E-state index >= 15 is 0 Å². The van der Waals surface area contributed by atoms with Crippen LogP contribution in [0.25, 0.3) is 10.9 Å². The Labute approximate surface area is 139 Å². The summed E-state index contributed by atoms with van der Waals surface area (Å²) in [7, 11) is 1.63. The number of methoxy groups -OCH3 is 1. The summed E-state index contributed by atoms with van der Waals surface area (Å²) in [4.78, 5) is 15.1. The molecule has 1 aliphatic rings. The number of aromatic amines is 1.